The summed E-state index contributed by atoms with van der Waals surface area (Å²) in [7, 11) is 3.09. The van der Waals surface area contributed by atoms with Crippen LogP contribution in [0.3, 0.4) is 0 Å². The molecule has 1 fully saturated rings. The third kappa shape index (κ3) is 3.32. The van der Waals surface area contributed by atoms with Crippen LogP contribution in [0.15, 0.2) is 58.6 Å². The van der Waals surface area contributed by atoms with Crippen molar-refractivity contribution in [1.29, 1.82) is 0 Å². The molecule has 3 aromatic rings. The highest BCUT2D eigenvalue weighted by molar-refractivity contribution is 6.03. The summed E-state index contributed by atoms with van der Waals surface area (Å²) in [6.45, 7) is 4.13. The van der Waals surface area contributed by atoms with E-state index in [9.17, 15) is 9.59 Å². The number of carbonyl (C=O) groups excluding carboxylic acids is 2. The quantitative estimate of drug-likeness (QED) is 0.480. The van der Waals surface area contributed by atoms with Gasteiger partial charge in [-0.25, -0.2) is 15.2 Å². The standard InChI is InChI=1S/C24H25N7O2/c1-14-12-17(15(2)31(14)19-11-7-9-16-8-5-6-10-18(16)19)13-25-28-23-26-20-21(27-23)29(3)24(33)30(4)22(20)32/h5-13,20-21H,1-4H3,(H2,26,27,28). The van der Waals surface area contributed by atoms with Gasteiger partial charge < -0.3 is 14.8 Å². The molecule has 0 saturated carbocycles. The fraction of sp³-hybridized carbons (Fsp3) is 0.250. The predicted octanol–water partition coefficient (Wildman–Crippen LogP) is 2.35. The van der Waals surface area contributed by atoms with E-state index >= 15 is 0 Å². The van der Waals surface area contributed by atoms with Crippen molar-refractivity contribution < 1.29 is 9.59 Å². The molecule has 0 spiro atoms. The number of rotatable bonds is 3. The van der Waals surface area contributed by atoms with Gasteiger partial charge in [0.1, 0.15) is 6.04 Å². The van der Waals surface area contributed by atoms with Gasteiger partial charge in [-0.3, -0.25) is 9.69 Å². The lowest BCUT2D eigenvalue weighted by Gasteiger charge is -2.36. The molecule has 2 unspecified atom stereocenters. The molecule has 2 N–H and O–H groups in total. The Balaban J connectivity index is 1.38. The van der Waals surface area contributed by atoms with Crippen molar-refractivity contribution in [2.45, 2.75) is 26.1 Å². The molecule has 3 amide bonds. The maximum atomic E-state index is 12.4. The Labute approximate surface area is 191 Å². The summed E-state index contributed by atoms with van der Waals surface area (Å²) in [5.41, 5.74) is 7.12. The molecule has 33 heavy (non-hydrogen) atoms. The van der Waals surface area contributed by atoms with E-state index in [-0.39, 0.29) is 11.9 Å². The molecule has 2 aliphatic rings. The first-order valence-electron chi connectivity index (χ1n) is 10.7. The van der Waals surface area contributed by atoms with Crippen molar-refractivity contribution in [3.63, 3.8) is 0 Å². The molecule has 9 heteroatoms. The number of aliphatic imine (C=N–C) groups is 1. The predicted molar refractivity (Wildman–Crippen MR) is 128 cm³/mol. The van der Waals surface area contributed by atoms with Gasteiger partial charge in [0.25, 0.3) is 5.91 Å². The largest absolute Gasteiger partial charge is 0.340 e. The van der Waals surface area contributed by atoms with Crippen molar-refractivity contribution >= 4 is 34.9 Å². The van der Waals surface area contributed by atoms with Gasteiger partial charge in [0.05, 0.1) is 11.9 Å². The summed E-state index contributed by atoms with van der Waals surface area (Å²) < 4.78 is 2.22. The highest BCUT2D eigenvalue weighted by Gasteiger charge is 2.46. The molecule has 2 atom stereocenters. The third-order valence-electron chi connectivity index (χ3n) is 6.29. The summed E-state index contributed by atoms with van der Waals surface area (Å²) in [6.07, 6.45) is 1.15. The van der Waals surface area contributed by atoms with E-state index in [1.54, 1.807) is 13.3 Å². The van der Waals surface area contributed by atoms with E-state index in [1.807, 2.05) is 12.1 Å². The molecule has 1 saturated heterocycles. The number of nitrogens with one attached hydrogen (secondary N) is 2. The van der Waals surface area contributed by atoms with Crippen LogP contribution >= 0.6 is 0 Å². The monoisotopic (exact) mass is 443 g/mol. The van der Waals surface area contributed by atoms with Crippen molar-refractivity contribution in [2.24, 2.45) is 10.1 Å². The van der Waals surface area contributed by atoms with E-state index in [1.165, 1.54) is 22.7 Å². The van der Waals surface area contributed by atoms with E-state index in [0.717, 1.165) is 27.5 Å². The van der Waals surface area contributed by atoms with E-state index in [2.05, 4.69) is 75.6 Å². The Morgan fingerprint density at radius 3 is 2.67 bits per heavy atom. The second-order valence-corrected chi connectivity index (χ2v) is 8.33. The van der Waals surface area contributed by atoms with Crippen LogP contribution in [-0.4, -0.2) is 64.8 Å². The Morgan fingerprint density at radius 2 is 1.85 bits per heavy atom. The summed E-state index contributed by atoms with van der Waals surface area (Å²) in [5, 5.41) is 9.73. The second kappa shape index (κ2) is 7.77. The highest BCUT2D eigenvalue weighted by atomic mass is 16.2. The normalized spacial score (nSPS) is 20.4. The zero-order valence-corrected chi connectivity index (χ0v) is 18.9. The number of hydrazone groups is 1. The molecular formula is C24H25N7O2. The topological polar surface area (TPSA) is 94.3 Å². The van der Waals surface area contributed by atoms with Crippen LogP contribution in [0.4, 0.5) is 4.79 Å². The van der Waals surface area contributed by atoms with Gasteiger partial charge in [0.15, 0.2) is 6.17 Å². The number of carbonyl (C=O) groups is 2. The smallest absolute Gasteiger partial charge is 0.328 e. The van der Waals surface area contributed by atoms with Gasteiger partial charge in [0, 0.05) is 36.4 Å². The zero-order valence-electron chi connectivity index (χ0n) is 18.9. The molecule has 5 rings (SSSR count). The number of urea groups is 1. The molecule has 3 heterocycles. The van der Waals surface area contributed by atoms with Crippen LogP contribution in [0.5, 0.6) is 0 Å². The average molecular weight is 444 g/mol. The van der Waals surface area contributed by atoms with Crippen LogP contribution in [0.1, 0.15) is 17.0 Å². The lowest BCUT2D eigenvalue weighted by atomic mass is 10.1. The zero-order chi connectivity index (χ0) is 23.3. The number of aryl methyl sites for hydroxylation is 1. The van der Waals surface area contributed by atoms with E-state index in [0.29, 0.717) is 5.96 Å². The number of nitrogens with zero attached hydrogens (tertiary/aromatic N) is 5. The van der Waals surface area contributed by atoms with Crippen molar-refractivity contribution in [2.75, 3.05) is 14.1 Å². The van der Waals surface area contributed by atoms with Crippen molar-refractivity contribution in [1.82, 2.24) is 25.1 Å². The first kappa shape index (κ1) is 20.7. The number of fused-ring (bicyclic) bond motifs is 2. The molecular weight excluding hydrogens is 418 g/mol. The van der Waals surface area contributed by atoms with Crippen molar-refractivity contribution in [3.05, 3.63) is 65.5 Å². The Hall–Kier alpha value is -4.14. The number of imide groups is 1. The van der Waals surface area contributed by atoms with E-state index < -0.39 is 12.2 Å². The number of benzene rings is 2. The Bertz CT molecular complexity index is 1330. The highest BCUT2D eigenvalue weighted by Crippen LogP contribution is 2.27. The van der Waals surface area contributed by atoms with Gasteiger partial charge in [-0.15, -0.1) is 0 Å². The van der Waals surface area contributed by atoms with Crippen LogP contribution in [0.25, 0.3) is 16.5 Å². The number of hydrogen-bond acceptors (Lipinski definition) is 6. The van der Waals surface area contributed by atoms with Crippen LogP contribution in [0.2, 0.25) is 0 Å². The molecule has 2 aromatic carbocycles. The number of likely N-dealkylation sites (N-methyl/N-ethyl adjacent to an activating group) is 2. The molecule has 0 bridgehead atoms. The van der Waals surface area contributed by atoms with Crippen LogP contribution < -0.4 is 10.7 Å². The summed E-state index contributed by atoms with van der Waals surface area (Å²) in [4.78, 5) is 31.5. The Kier molecular flexibility index (Phi) is 4.88. The first-order valence-corrected chi connectivity index (χ1v) is 10.7. The molecule has 0 aliphatic carbocycles. The number of guanidine groups is 1. The van der Waals surface area contributed by atoms with Crippen molar-refractivity contribution in [3.8, 4) is 5.69 Å². The molecule has 1 aromatic heterocycles. The Morgan fingerprint density at radius 1 is 1.09 bits per heavy atom. The lowest BCUT2D eigenvalue weighted by molar-refractivity contribution is -0.133. The summed E-state index contributed by atoms with van der Waals surface area (Å²) in [5.74, 6) is 0.0404. The van der Waals surface area contributed by atoms with Gasteiger partial charge in [0.2, 0.25) is 5.96 Å². The number of aromatic nitrogens is 1. The second-order valence-electron chi connectivity index (χ2n) is 8.33. The molecule has 9 nitrogen and oxygen atoms in total. The van der Waals surface area contributed by atoms with Gasteiger partial charge in [-0.1, -0.05) is 36.4 Å². The fourth-order valence-electron chi connectivity index (χ4n) is 4.53. The minimum Gasteiger partial charge on any atom is -0.340 e. The molecule has 0 radical (unpaired) electrons. The summed E-state index contributed by atoms with van der Waals surface area (Å²) >= 11 is 0. The maximum absolute atomic E-state index is 12.4. The molecule has 2 aliphatic heterocycles. The first-order chi connectivity index (χ1) is 15.9. The van der Waals surface area contributed by atoms with E-state index in [4.69, 9.17) is 0 Å². The van der Waals surface area contributed by atoms with Gasteiger partial charge in [-0.05, 0) is 31.4 Å². The SMILES string of the molecule is Cc1cc(C=NNC2=NC3C(N2)C(=O)N(C)C(=O)N3C)c(C)n1-c1cccc2ccccc12. The van der Waals surface area contributed by atoms with Crippen LogP contribution in [0, 0.1) is 13.8 Å². The number of hydrogen-bond donors (Lipinski definition) is 2. The average Bonchev–Trinajstić information content (AvgIpc) is 3.37. The van der Waals surface area contributed by atoms with Gasteiger partial charge >= 0.3 is 6.03 Å². The minimum absolute atomic E-state index is 0.314. The molecule has 168 valence electrons. The third-order valence-corrected chi connectivity index (χ3v) is 6.29. The maximum Gasteiger partial charge on any atom is 0.328 e. The summed E-state index contributed by atoms with van der Waals surface area (Å²) in [6, 6.07) is 15.7. The van der Waals surface area contributed by atoms with Gasteiger partial charge in [-0.2, -0.15) is 5.10 Å². The lowest BCUT2D eigenvalue weighted by Crippen LogP contribution is -2.63. The number of amides is 3. The minimum atomic E-state index is -0.619. The van der Waals surface area contributed by atoms with Crippen LogP contribution in [-0.2, 0) is 4.79 Å². The fourth-order valence-corrected chi connectivity index (χ4v) is 4.53.